The van der Waals surface area contributed by atoms with Crippen molar-refractivity contribution in [1.29, 1.82) is 0 Å². The van der Waals surface area contributed by atoms with Gasteiger partial charge in [0.2, 0.25) is 0 Å². The minimum absolute atomic E-state index is 0.0270. The van der Waals surface area contributed by atoms with Crippen LogP contribution in [0.5, 0.6) is 0 Å². The van der Waals surface area contributed by atoms with Gasteiger partial charge in [-0.05, 0) is 31.9 Å². The van der Waals surface area contributed by atoms with E-state index in [2.05, 4.69) is 24.1 Å². The van der Waals surface area contributed by atoms with Crippen LogP contribution in [-0.2, 0) is 0 Å². The number of anilines is 1. The Bertz CT molecular complexity index is 416. The first-order chi connectivity index (χ1) is 9.65. The molecule has 0 fully saturated rings. The smallest absolute Gasteiger partial charge is 0.272 e. The summed E-state index contributed by atoms with van der Waals surface area (Å²) in [6, 6.07) is 5.55. The third kappa shape index (κ3) is 4.51. The quantitative estimate of drug-likeness (QED) is 0.792. The molecule has 0 saturated heterocycles. The molecule has 0 aliphatic heterocycles. The first-order valence-corrected chi connectivity index (χ1v) is 7.66. The van der Waals surface area contributed by atoms with E-state index in [0.717, 1.165) is 38.3 Å². The van der Waals surface area contributed by atoms with Gasteiger partial charge in [0.05, 0.1) is 0 Å². The van der Waals surface area contributed by atoms with Crippen LogP contribution in [0.2, 0.25) is 0 Å². The first-order valence-electron chi connectivity index (χ1n) is 7.66. The van der Waals surface area contributed by atoms with E-state index >= 15 is 0 Å². The molecule has 112 valence electrons. The highest BCUT2D eigenvalue weighted by molar-refractivity contribution is 5.92. The van der Waals surface area contributed by atoms with E-state index in [4.69, 9.17) is 0 Å². The van der Waals surface area contributed by atoms with Gasteiger partial charge in [0, 0.05) is 19.6 Å². The number of nitrogens with one attached hydrogen (secondary N) is 1. The maximum atomic E-state index is 12.5. The van der Waals surface area contributed by atoms with Gasteiger partial charge in [0.25, 0.3) is 5.91 Å². The second-order valence-corrected chi connectivity index (χ2v) is 4.96. The van der Waals surface area contributed by atoms with E-state index in [-0.39, 0.29) is 5.91 Å². The Hall–Kier alpha value is -1.58. The van der Waals surface area contributed by atoms with Crippen LogP contribution in [-0.4, -0.2) is 35.4 Å². The number of carbonyl (C=O) groups is 1. The molecule has 0 spiro atoms. The van der Waals surface area contributed by atoms with Gasteiger partial charge in [-0.3, -0.25) is 4.79 Å². The van der Waals surface area contributed by atoms with Crippen molar-refractivity contribution in [2.45, 2.75) is 40.5 Å². The number of pyridine rings is 1. The summed E-state index contributed by atoms with van der Waals surface area (Å²) < 4.78 is 0. The van der Waals surface area contributed by atoms with Crippen LogP contribution in [0.1, 0.15) is 51.0 Å². The van der Waals surface area contributed by atoms with Gasteiger partial charge < -0.3 is 10.2 Å². The maximum Gasteiger partial charge on any atom is 0.272 e. The molecule has 0 aromatic carbocycles. The highest BCUT2D eigenvalue weighted by Crippen LogP contribution is 2.13. The molecule has 4 nitrogen and oxygen atoms in total. The molecule has 0 aliphatic rings. The van der Waals surface area contributed by atoms with Crippen molar-refractivity contribution in [2.75, 3.05) is 25.0 Å². The summed E-state index contributed by atoms with van der Waals surface area (Å²) in [4.78, 5) is 18.8. The van der Waals surface area contributed by atoms with E-state index in [0.29, 0.717) is 11.6 Å². The normalized spacial score (nSPS) is 10.7. The monoisotopic (exact) mass is 277 g/mol. The lowest BCUT2D eigenvalue weighted by molar-refractivity contribution is 0.0729. The van der Waals surface area contributed by atoms with E-state index < -0.39 is 0 Å². The Balaban J connectivity index is 2.82. The number of rotatable bonds is 8. The molecule has 1 aromatic rings. The van der Waals surface area contributed by atoms with Gasteiger partial charge in [-0.15, -0.1) is 0 Å². The molecule has 1 amide bonds. The number of hydrogen-bond donors (Lipinski definition) is 1. The van der Waals surface area contributed by atoms with Crippen molar-refractivity contribution in [2.24, 2.45) is 5.92 Å². The van der Waals surface area contributed by atoms with Gasteiger partial charge in [-0.25, -0.2) is 4.98 Å². The summed E-state index contributed by atoms with van der Waals surface area (Å²) in [5.74, 6) is 1.35. The van der Waals surface area contributed by atoms with Crippen LogP contribution >= 0.6 is 0 Å². The van der Waals surface area contributed by atoms with Gasteiger partial charge in [0.15, 0.2) is 0 Å². The average molecular weight is 277 g/mol. The molecule has 1 heterocycles. The Morgan fingerprint density at radius 3 is 2.50 bits per heavy atom. The molecule has 1 aromatic heterocycles. The molecule has 1 rings (SSSR count). The van der Waals surface area contributed by atoms with Crippen LogP contribution in [0.15, 0.2) is 18.2 Å². The van der Waals surface area contributed by atoms with Crippen LogP contribution in [0.4, 0.5) is 5.82 Å². The molecule has 0 bridgehead atoms. The van der Waals surface area contributed by atoms with Crippen molar-refractivity contribution >= 4 is 11.7 Å². The zero-order valence-electron chi connectivity index (χ0n) is 13.1. The predicted molar refractivity (Wildman–Crippen MR) is 84.1 cm³/mol. The topological polar surface area (TPSA) is 45.2 Å². The zero-order valence-corrected chi connectivity index (χ0v) is 13.1. The average Bonchev–Trinajstić information content (AvgIpc) is 2.49. The summed E-state index contributed by atoms with van der Waals surface area (Å²) in [5, 5.41) is 3.14. The molecule has 20 heavy (non-hydrogen) atoms. The summed E-state index contributed by atoms with van der Waals surface area (Å²) in [5.41, 5.74) is 0.524. The molecule has 4 heteroatoms. The minimum atomic E-state index is 0.0270. The highest BCUT2D eigenvalue weighted by atomic mass is 16.2. The molecule has 0 unspecified atom stereocenters. The van der Waals surface area contributed by atoms with Crippen LogP contribution in [0, 0.1) is 5.92 Å². The van der Waals surface area contributed by atoms with Crippen molar-refractivity contribution in [3.05, 3.63) is 23.9 Å². The van der Waals surface area contributed by atoms with Crippen molar-refractivity contribution in [1.82, 2.24) is 9.88 Å². The molecule has 0 atom stereocenters. The Morgan fingerprint density at radius 2 is 1.95 bits per heavy atom. The lowest BCUT2D eigenvalue weighted by Crippen LogP contribution is -2.35. The maximum absolute atomic E-state index is 12.5. The van der Waals surface area contributed by atoms with Crippen LogP contribution in [0.3, 0.4) is 0 Å². The van der Waals surface area contributed by atoms with E-state index in [1.165, 1.54) is 0 Å². The second-order valence-electron chi connectivity index (χ2n) is 4.96. The Morgan fingerprint density at radius 1 is 1.25 bits per heavy atom. The third-order valence-electron chi connectivity index (χ3n) is 3.63. The largest absolute Gasteiger partial charge is 0.370 e. The molecular weight excluding hydrogens is 250 g/mol. The van der Waals surface area contributed by atoms with Crippen LogP contribution < -0.4 is 5.32 Å². The lowest BCUT2D eigenvalue weighted by atomic mass is 10.0. The Labute approximate surface area is 122 Å². The highest BCUT2D eigenvalue weighted by Gasteiger charge is 2.18. The standard InChI is InChI=1S/C16H27N3O/c1-5-13(6-2)12-19(8-4)16(20)14-10-9-11-15(18-14)17-7-3/h9-11,13H,5-8,12H2,1-4H3,(H,17,18). The van der Waals surface area contributed by atoms with E-state index in [1.54, 1.807) is 6.07 Å². The second kappa shape index (κ2) is 8.56. The lowest BCUT2D eigenvalue weighted by Gasteiger charge is -2.25. The van der Waals surface area contributed by atoms with Crippen LogP contribution in [0.25, 0.3) is 0 Å². The minimum Gasteiger partial charge on any atom is -0.370 e. The number of amides is 1. The van der Waals surface area contributed by atoms with Gasteiger partial charge >= 0.3 is 0 Å². The van der Waals surface area contributed by atoms with E-state index in [1.807, 2.05) is 30.9 Å². The van der Waals surface area contributed by atoms with E-state index in [9.17, 15) is 4.79 Å². The number of nitrogens with zero attached hydrogens (tertiary/aromatic N) is 2. The molecule has 1 N–H and O–H groups in total. The van der Waals surface area contributed by atoms with Gasteiger partial charge in [-0.2, -0.15) is 0 Å². The molecule has 0 radical (unpaired) electrons. The number of carbonyl (C=O) groups excluding carboxylic acids is 1. The molecule has 0 aliphatic carbocycles. The SMILES string of the molecule is CCNc1cccc(C(=O)N(CC)CC(CC)CC)n1. The summed E-state index contributed by atoms with van der Waals surface area (Å²) in [6.45, 7) is 10.7. The number of aromatic nitrogens is 1. The first kappa shape index (κ1) is 16.5. The predicted octanol–water partition coefficient (Wildman–Crippen LogP) is 3.41. The number of hydrogen-bond acceptors (Lipinski definition) is 3. The summed E-state index contributed by atoms with van der Waals surface area (Å²) in [6.07, 6.45) is 2.20. The fourth-order valence-corrected chi connectivity index (χ4v) is 2.21. The zero-order chi connectivity index (χ0) is 15.0. The van der Waals surface area contributed by atoms with Crippen molar-refractivity contribution in [3.63, 3.8) is 0 Å². The van der Waals surface area contributed by atoms with Crippen molar-refractivity contribution < 1.29 is 4.79 Å². The van der Waals surface area contributed by atoms with Gasteiger partial charge in [0.1, 0.15) is 11.5 Å². The third-order valence-corrected chi connectivity index (χ3v) is 3.63. The van der Waals surface area contributed by atoms with Crippen molar-refractivity contribution in [3.8, 4) is 0 Å². The molecular formula is C16H27N3O. The summed E-state index contributed by atoms with van der Waals surface area (Å²) >= 11 is 0. The molecule has 0 saturated carbocycles. The fourth-order valence-electron chi connectivity index (χ4n) is 2.21. The summed E-state index contributed by atoms with van der Waals surface area (Å²) in [7, 11) is 0. The Kier molecular flexibility index (Phi) is 7.05. The fraction of sp³-hybridized carbons (Fsp3) is 0.625. The van der Waals surface area contributed by atoms with Gasteiger partial charge in [-0.1, -0.05) is 32.8 Å².